The maximum atomic E-state index is 5.64. The summed E-state index contributed by atoms with van der Waals surface area (Å²) in [5.41, 5.74) is 1.16. The van der Waals surface area contributed by atoms with E-state index in [0.717, 1.165) is 5.56 Å². The van der Waals surface area contributed by atoms with Crippen LogP contribution in [-0.2, 0) is 14.2 Å². The Kier molecular flexibility index (Phi) is 3.14. The third-order valence-electron chi connectivity index (χ3n) is 2.22. The molecular formula is C11H14O3. The van der Waals surface area contributed by atoms with Crippen LogP contribution in [0.25, 0.3) is 0 Å². The summed E-state index contributed by atoms with van der Waals surface area (Å²) in [5.74, 6) is 0. The van der Waals surface area contributed by atoms with Gasteiger partial charge in [-0.25, -0.2) is 0 Å². The molecule has 2 unspecified atom stereocenters. The first-order valence-corrected chi connectivity index (χ1v) is 4.71. The molecule has 0 N–H and O–H groups in total. The van der Waals surface area contributed by atoms with E-state index in [2.05, 4.69) is 0 Å². The number of hydrogen-bond acceptors (Lipinski definition) is 3. The predicted octanol–water partition coefficient (Wildman–Crippen LogP) is 1.75. The van der Waals surface area contributed by atoms with Crippen molar-refractivity contribution in [3.05, 3.63) is 35.9 Å². The zero-order chi connectivity index (χ0) is 9.80. The average Bonchev–Trinajstić information content (AvgIpc) is 2.68. The highest BCUT2D eigenvalue weighted by molar-refractivity contribution is 5.18. The minimum Gasteiger partial charge on any atom is -0.379 e. The van der Waals surface area contributed by atoms with Crippen molar-refractivity contribution in [2.45, 2.75) is 12.4 Å². The van der Waals surface area contributed by atoms with Crippen molar-refractivity contribution in [2.24, 2.45) is 0 Å². The molecule has 1 aliphatic rings. The average molecular weight is 194 g/mol. The monoisotopic (exact) mass is 194 g/mol. The molecule has 1 heterocycles. The van der Waals surface area contributed by atoms with Gasteiger partial charge in [-0.15, -0.1) is 0 Å². The van der Waals surface area contributed by atoms with Gasteiger partial charge in [0.15, 0.2) is 6.29 Å². The van der Waals surface area contributed by atoms with E-state index < -0.39 is 0 Å². The molecule has 1 fully saturated rings. The van der Waals surface area contributed by atoms with Crippen LogP contribution >= 0.6 is 0 Å². The Morgan fingerprint density at radius 1 is 1.36 bits per heavy atom. The molecule has 1 aromatic rings. The van der Waals surface area contributed by atoms with Gasteiger partial charge in [0.05, 0.1) is 13.2 Å². The van der Waals surface area contributed by atoms with E-state index in [1.54, 1.807) is 7.11 Å². The van der Waals surface area contributed by atoms with Gasteiger partial charge in [-0.05, 0) is 5.56 Å². The Morgan fingerprint density at radius 2 is 2.14 bits per heavy atom. The van der Waals surface area contributed by atoms with Crippen LogP contribution in [0.2, 0.25) is 0 Å². The summed E-state index contributed by atoms with van der Waals surface area (Å²) in [6.07, 6.45) is -0.165. The maximum absolute atomic E-state index is 5.64. The molecule has 0 saturated carbocycles. The van der Waals surface area contributed by atoms with Crippen molar-refractivity contribution in [1.29, 1.82) is 0 Å². The molecule has 1 saturated heterocycles. The highest BCUT2D eigenvalue weighted by atomic mass is 16.7. The van der Waals surface area contributed by atoms with Crippen molar-refractivity contribution in [3.63, 3.8) is 0 Å². The Balaban J connectivity index is 1.96. The molecule has 76 valence electrons. The second-order valence-electron chi connectivity index (χ2n) is 3.25. The van der Waals surface area contributed by atoms with Gasteiger partial charge in [0.1, 0.15) is 6.10 Å². The standard InChI is InChI=1S/C11H14O3/c1-12-8-11-13-7-10(14-11)9-5-3-2-4-6-9/h2-6,10-11H,7-8H2,1H3. The van der Waals surface area contributed by atoms with Gasteiger partial charge in [0.25, 0.3) is 0 Å². The zero-order valence-corrected chi connectivity index (χ0v) is 8.18. The highest BCUT2D eigenvalue weighted by Gasteiger charge is 2.26. The third-order valence-corrected chi connectivity index (χ3v) is 2.22. The molecule has 0 amide bonds. The summed E-state index contributed by atoms with van der Waals surface area (Å²) in [6.45, 7) is 1.10. The normalized spacial score (nSPS) is 26.6. The van der Waals surface area contributed by atoms with Gasteiger partial charge in [-0.2, -0.15) is 0 Å². The summed E-state index contributed by atoms with van der Waals surface area (Å²) < 4.78 is 16.0. The van der Waals surface area contributed by atoms with Gasteiger partial charge in [-0.1, -0.05) is 30.3 Å². The van der Waals surface area contributed by atoms with Crippen molar-refractivity contribution < 1.29 is 14.2 Å². The molecule has 2 rings (SSSR count). The first kappa shape index (κ1) is 9.65. The number of hydrogen-bond donors (Lipinski definition) is 0. The Hall–Kier alpha value is -0.900. The topological polar surface area (TPSA) is 27.7 Å². The SMILES string of the molecule is COCC1OCC(c2ccccc2)O1. The molecule has 0 aliphatic carbocycles. The van der Waals surface area contributed by atoms with E-state index in [1.807, 2.05) is 30.3 Å². The lowest BCUT2D eigenvalue weighted by molar-refractivity contribution is -0.0970. The Bertz CT molecular complexity index is 273. The minimum absolute atomic E-state index is 0.0522. The fourth-order valence-electron chi connectivity index (χ4n) is 1.52. The van der Waals surface area contributed by atoms with E-state index in [-0.39, 0.29) is 12.4 Å². The fraction of sp³-hybridized carbons (Fsp3) is 0.455. The zero-order valence-electron chi connectivity index (χ0n) is 8.18. The summed E-state index contributed by atoms with van der Waals surface area (Å²) >= 11 is 0. The largest absolute Gasteiger partial charge is 0.379 e. The molecule has 3 heteroatoms. The van der Waals surface area contributed by atoms with Crippen LogP contribution in [0.3, 0.4) is 0 Å². The van der Waals surface area contributed by atoms with Gasteiger partial charge in [-0.3, -0.25) is 0 Å². The quantitative estimate of drug-likeness (QED) is 0.733. The molecule has 0 bridgehead atoms. The molecule has 3 nitrogen and oxygen atoms in total. The van der Waals surface area contributed by atoms with Crippen LogP contribution < -0.4 is 0 Å². The number of benzene rings is 1. The van der Waals surface area contributed by atoms with Crippen LogP contribution in [0.4, 0.5) is 0 Å². The van der Waals surface area contributed by atoms with Gasteiger partial charge < -0.3 is 14.2 Å². The first-order valence-electron chi connectivity index (χ1n) is 4.71. The van der Waals surface area contributed by atoms with Crippen LogP contribution in [0.1, 0.15) is 11.7 Å². The lowest BCUT2D eigenvalue weighted by Gasteiger charge is -2.10. The van der Waals surface area contributed by atoms with Crippen molar-refractivity contribution >= 4 is 0 Å². The Labute approximate surface area is 83.6 Å². The van der Waals surface area contributed by atoms with E-state index in [9.17, 15) is 0 Å². The fourth-order valence-corrected chi connectivity index (χ4v) is 1.52. The maximum Gasteiger partial charge on any atom is 0.181 e. The Morgan fingerprint density at radius 3 is 2.86 bits per heavy atom. The second-order valence-corrected chi connectivity index (χ2v) is 3.25. The predicted molar refractivity (Wildman–Crippen MR) is 51.9 cm³/mol. The van der Waals surface area contributed by atoms with Crippen molar-refractivity contribution in [3.8, 4) is 0 Å². The number of rotatable bonds is 3. The number of ether oxygens (including phenoxy) is 3. The van der Waals surface area contributed by atoms with Crippen molar-refractivity contribution in [1.82, 2.24) is 0 Å². The first-order chi connectivity index (χ1) is 6.90. The van der Waals surface area contributed by atoms with Gasteiger partial charge in [0, 0.05) is 7.11 Å². The minimum atomic E-state index is -0.217. The smallest absolute Gasteiger partial charge is 0.181 e. The molecule has 0 aromatic heterocycles. The van der Waals surface area contributed by atoms with Crippen LogP contribution in [0, 0.1) is 0 Å². The van der Waals surface area contributed by atoms with E-state index >= 15 is 0 Å². The molecule has 0 spiro atoms. The number of methoxy groups -OCH3 is 1. The summed E-state index contributed by atoms with van der Waals surface area (Å²) in [4.78, 5) is 0. The molecule has 1 aromatic carbocycles. The van der Waals surface area contributed by atoms with Crippen LogP contribution in [-0.4, -0.2) is 26.6 Å². The van der Waals surface area contributed by atoms with E-state index in [1.165, 1.54) is 0 Å². The molecule has 14 heavy (non-hydrogen) atoms. The summed E-state index contributed by atoms with van der Waals surface area (Å²) in [7, 11) is 1.64. The van der Waals surface area contributed by atoms with Gasteiger partial charge in [0.2, 0.25) is 0 Å². The van der Waals surface area contributed by atoms with E-state index in [0.29, 0.717) is 13.2 Å². The molecule has 0 radical (unpaired) electrons. The molecule has 1 aliphatic heterocycles. The van der Waals surface area contributed by atoms with Crippen LogP contribution in [0.15, 0.2) is 30.3 Å². The highest BCUT2D eigenvalue weighted by Crippen LogP contribution is 2.25. The summed E-state index contributed by atoms with van der Waals surface area (Å²) in [6, 6.07) is 10.1. The second kappa shape index (κ2) is 4.55. The van der Waals surface area contributed by atoms with Gasteiger partial charge >= 0.3 is 0 Å². The molecular weight excluding hydrogens is 180 g/mol. The third kappa shape index (κ3) is 2.12. The lowest BCUT2D eigenvalue weighted by atomic mass is 10.1. The summed E-state index contributed by atoms with van der Waals surface area (Å²) in [5, 5.41) is 0. The molecule has 2 atom stereocenters. The van der Waals surface area contributed by atoms with Crippen molar-refractivity contribution in [2.75, 3.05) is 20.3 Å². The lowest BCUT2D eigenvalue weighted by Crippen LogP contribution is -2.14. The van der Waals surface area contributed by atoms with E-state index in [4.69, 9.17) is 14.2 Å². The van der Waals surface area contributed by atoms with Crippen LogP contribution in [0.5, 0.6) is 0 Å².